The van der Waals surface area contributed by atoms with Crippen LogP contribution in [0.2, 0.25) is 0 Å². The molecule has 32 heavy (non-hydrogen) atoms. The highest BCUT2D eigenvalue weighted by Gasteiger charge is 2.67. The van der Waals surface area contributed by atoms with Gasteiger partial charge in [-0.2, -0.15) is 0 Å². The van der Waals surface area contributed by atoms with Crippen molar-refractivity contribution in [1.29, 1.82) is 0 Å². The minimum Gasteiger partial charge on any atom is -0.486 e. The normalized spacial score (nSPS) is 23.2. The van der Waals surface area contributed by atoms with Crippen molar-refractivity contribution < 1.29 is 18.8 Å². The van der Waals surface area contributed by atoms with Gasteiger partial charge in [0.05, 0.1) is 10.9 Å². The van der Waals surface area contributed by atoms with E-state index in [0.717, 1.165) is 0 Å². The molecule has 7 heteroatoms. The molecule has 0 radical (unpaired) electrons. The Morgan fingerprint density at radius 2 is 1.66 bits per heavy atom. The zero-order valence-electron chi connectivity index (χ0n) is 16.8. The summed E-state index contributed by atoms with van der Waals surface area (Å²) in [6.45, 7) is -0.243. The van der Waals surface area contributed by atoms with Crippen LogP contribution in [-0.4, -0.2) is 17.1 Å². The van der Waals surface area contributed by atoms with Gasteiger partial charge in [-0.15, -0.1) is 0 Å². The number of nitro groups is 1. The number of hydrogen-bond donors (Lipinski definition) is 0. The molecule has 2 aliphatic rings. The predicted molar refractivity (Wildman–Crippen MR) is 116 cm³/mol. The molecular weight excluding hydrogens is 410 g/mol. The molecule has 0 spiro atoms. The van der Waals surface area contributed by atoms with Crippen LogP contribution in [0.3, 0.4) is 0 Å². The second-order valence-electron chi connectivity index (χ2n) is 8.04. The van der Waals surface area contributed by atoms with Gasteiger partial charge in [0, 0.05) is 10.5 Å². The Labute approximate surface area is 182 Å². The average Bonchev–Trinajstić information content (AvgIpc) is 2.83. The van der Waals surface area contributed by atoms with Crippen molar-refractivity contribution in [3.8, 4) is 11.5 Å². The van der Waals surface area contributed by atoms with E-state index in [9.17, 15) is 14.9 Å². The topological polar surface area (TPSA) is 91.8 Å². The fourth-order valence-electron chi connectivity index (χ4n) is 5.00. The maximum absolute atomic E-state index is 13.2. The lowest BCUT2D eigenvalue weighted by atomic mass is 9.68. The minimum absolute atomic E-state index is 0.156. The van der Waals surface area contributed by atoms with E-state index < -0.39 is 23.2 Å². The van der Waals surface area contributed by atoms with E-state index in [1.807, 2.05) is 24.3 Å². The van der Waals surface area contributed by atoms with Crippen molar-refractivity contribution in [1.82, 2.24) is 0 Å². The molecule has 1 aromatic heterocycles. The number of ether oxygens (including phenoxy) is 2. The molecule has 6 rings (SSSR count). The van der Waals surface area contributed by atoms with E-state index in [-0.39, 0.29) is 17.1 Å². The smallest absolute Gasteiger partial charge is 0.344 e. The van der Waals surface area contributed by atoms with Gasteiger partial charge in [0.2, 0.25) is 0 Å². The molecule has 0 bridgehead atoms. The number of para-hydroxylation sites is 2. The van der Waals surface area contributed by atoms with E-state index in [4.69, 9.17) is 13.9 Å². The first-order valence-corrected chi connectivity index (χ1v) is 10.2. The van der Waals surface area contributed by atoms with Gasteiger partial charge < -0.3 is 13.9 Å². The van der Waals surface area contributed by atoms with Crippen molar-refractivity contribution in [2.45, 2.75) is 17.6 Å². The molecule has 0 amide bonds. The van der Waals surface area contributed by atoms with Crippen LogP contribution in [0.25, 0.3) is 11.0 Å². The Kier molecular flexibility index (Phi) is 3.89. The minimum atomic E-state index is -1.75. The first kappa shape index (κ1) is 18.6. The van der Waals surface area contributed by atoms with Crippen LogP contribution >= 0.6 is 0 Å². The van der Waals surface area contributed by atoms with Crippen molar-refractivity contribution in [3.05, 3.63) is 116 Å². The SMILES string of the molecule is O=c1oc2ccccc2c2c1[C@@H]1c3ccccc3OC[C@]1([N+](=O)[O-])[C@H](c1ccccc1)O2. The van der Waals surface area contributed by atoms with Crippen molar-refractivity contribution in [3.63, 3.8) is 0 Å². The molecule has 3 aromatic carbocycles. The summed E-state index contributed by atoms with van der Waals surface area (Å²) >= 11 is 0. The molecule has 158 valence electrons. The van der Waals surface area contributed by atoms with E-state index in [0.29, 0.717) is 33.6 Å². The lowest BCUT2D eigenvalue weighted by molar-refractivity contribution is -0.592. The highest BCUT2D eigenvalue weighted by molar-refractivity contribution is 5.85. The second kappa shape index (κ2) is 6.68. The van der Waals surface area contributed by atoms with E-state index in [1.54, 1.807) is 54.6 Å². The molecule has 7 nitrogen and oxygen atoms in total. The fourth-order valence-corrected chi connectivity index (χ4v) is 5.00. The molecule has 4 aromatic rings. The Morgan fingerprint density at radius 1 is 0.938 bits per heavy atom. The zero-order valence-corrected chi connectivity index (χ0v) is 16.8. The summed E-state index contributed by atoms with van der Waals surface area (Å²) in [5.74, 6) is -0.0654. The van der Waals surface area contributed by atoms with Crippen molar-refractivity contribution >= 4 is 11.0 Å². The standard InChI is InChI=1S/C25H17NO6/c27-24-20-21-16-10-4-6-12-18(16)30-14-25(21,26(28)29)23(15-8-2-1-3-9-15)32-22(20)17-11-5-7-13-19(17)31-24/h1-13,21,23H,14H2/t21-,23-,25+/m0/s1. The quantitative estimate of drug-likeness (QED) is 0.266. The molecule has 0 saturated heterocycles. The van der Waals surface area contributed by atoms with Crippen LogP contribution in [0.4, 0.5) is 0 Å². The van der Waals surface area contributed by atoms with Crippen LogP contribution in [-0.2, 0) is 0 Å². The van der Waals surface area contributed by atoms with Crippen molar-refractivity contribution in [2.24, 2.45) is 0 Å². The van der Waals surface area contributed by atoms with Gasteiger partial charge in [0.25, 0.3) is 0 Å². The van der Waals surface area contributed by atoms with E-state index in [1.165, 1.54) is 0 Å². The molecular formula is C25H17NO6. The lowest BCUT2D eigenvalue weighted by Crippen LogP contribution is -2.60. The number of hydrogen-bond acceptors (Lipinski definition) is 6. The highest BCUT2D eigenvalue weighted by Crippen LogP contribution is 2.57. The fraction of sp³-hybridized carbons (Fsp3) is 0.160. The Bertz CT molecular complexity index is 1430. The summed E-state index contributed by atoms with van der Waals surface area (Å²) in [4.78, 5) is 25.7. The molecule has 3 atom stereocenters. The molecule has 0 fully saturated rings. The summed E-state index contributed by atoms with van der Waals surface area (Å²) in [7, 11) is 0. The zero-order chi connectivity index (χ0) is 21.9. The third-order valence-electron chi connectivity index (χ3n) is 6.41. The van der Waals surface area contributed by atoms with Crippen molar-refractivity contribution in [2.75, 3.05) is 6.61 Å². The Balaban J connectivity index is 1.75. The van der Waals surface area contributed by atoms with Gasteiger partial charge in [-0.05, 0) is 23.8 Å². The summed E-state index contributed by atoms with van der Waals surface area (Å²) in [5.41, 5.74) is -0.651. The van der Waals surface area contributed by atoms with Gasteiger partial charge in [-0.25, -0.2) is 4.79 Å². The number of benzene rings is 3. The first-order chi connectivity index (χ1) is 15.6. The highest BCUT2D eigenvalue weighted by atomic mass is 16.6. The monoisotopic (exact) mass is 427 g/mol. The summed E-state index contributed by atoms with van der Waals surface area (Å²) in [6.07, 6.45) is -0.977. The van der Waals surface area contributed by atoms with Crippen LogP contribution in [0, 0.1) is 10.1 Å². The van der Waals surface area contributed by atoms with Crippen LogP contribution in [0.1, 0.15) is 28.7 Å². The number of rotatable bonds is 2. The van der Waals surface area contributed by atoms with Gasteiger partial charge in [0.1, 0.15) is 23.0 Å². The summed E-state index contributed by atoms with van der Waals surface area (Å²) in [5, 5.41) is 13.4. The Hall–Kier alpha value is -4.13. The van der Waals surface area contributed by atoms with Crippen LogP contribution in [0.5, 0.6) is 11.5 Å². The van der Waals surface area contributed by atoms with Gasteiger partial charge in [0.15, 0.2) is 12.7 Å². The lowest BCUT2D eigenvalue weighted by Gasteiger charge is -2.45. The van der Waals surface area contributed by atoms with Crippen LogP contribution in [0.15, 0.2) is 88.1 Å². The molecule has 3 heterocycles. The van der Waals surface area contributed by atoms with Gasteiger partial charge in [-0.1, -0.05) is 60.7 Å². The predicted octanol–water partition coefficient (Wildman–Crippen LogP) is 4.47. The summed E-state index contributed by atoms with van der Waals surface area (Å²) in [6, 6.07) is 23.2. The average molecular weight is 427 g/mol. The maximum atomic E-state index is 13.2. The van der Waals surface area contributed by atoms with Gasteiger partial charge in [-0.3, -0.25) is 10.1 Å². The molecule has 0 saturated carbocycles. The molecule has 2 aliphatic heterocycles. The summed E-state index contributed by atoms with van der Waals surface area (Å²) < 4.78 is 17.9. The third-order valence-corrected chi connectivity index (χ3v) is 6.41. The van der Waals surface area contributed by atoms with Crippen LogP contribution < -0.4 is 15.1 Å². The molecule has 0 N–H and O–H groups in total. The number of fused-ring (bicyclic) bond motifs is 7. The van der Waals surface area contributed by atoms with E-state index in [2.05, 4.69) is 0 Å². The molecule has 0 aliphatic carbocycles. The first-order valence-electron chi connectivity index (χ1n) is 10.2. The largest absolute Gasteiger partial charge is 0.486 e. The second-order valence-corrected chi connectivity index (χ2v) is 8.04. The van der Waals surface area contributed by atoms with Gasteiger partial charge >= 0.3 is 11.2 Å². The van der Waals surface area contributed by atoms with E-state index >= 15 is 0 Å². The Morgan fingerprint density at radius 3 is 2.47 bits per heavy atom. The number of nitrogens with zero attached hydrogens (tertiary/aromatic N) is 1. The maximum Gasteiger partial charge on any atom is 0.344 e. The molecule has 0 unspecified atom stereocenters. The third kappa shape index (κ3) is 2.39.